The van der Waals surface area contributed by atoms with Crippen LogP contribution in [0.4, 0.5) is 17.1 Å². The fraction of sp³-hybridized carbons (Fsp3) is 0.333. The normalized spacial score (nSPS) is 15.8. The first-order valence-corrected chi connectivity index (χ1v) is 13.0. The summed E-state index contributed by atoms with van der Waals surface area (Å²) in [6, 6.07) is 19.5. The van der Waals surface area contributed by atoms with Crippen LogP contribution in [-0.2, 0) is 0 Å². The number of aryl methyl sites for hydroxylation is 1. The van der Waals surface area contributed by atoms with Crippen molar-refractivity contribution in [1.82, 2.24) is 4.90 Å². The number of rotatable bonds is 7. The Morgan fingerprint density at radius 2 is 1.50 bits per heavy atom. The minimum absolute atomic E-state index is 0. The van der Waals surface area contributed by atoms with Gasteiger partial charge in [0.25, 0.3) is 11.8 Å². The molecule has 2 aliphatic rings. The lowest BCUT2D eigenvalue weighted by Crippen LogP contribution is -2.32. The highest BCUT2D eigenvalue weighted by molar-refractivity contribution is 6.11. The molecule has 0 bridgehead atoms. The fourth-order valence-corrected chi connectivity index (χ4v) is 4.76. The summed E-state index contributed by atoms with van der Waals surface area (Å²) in [6.07, 6.45) is 3.90. The number of amides is 2. The average molecular weight is 535 g/mol. The lowest BCUT2D eigenvalue weighted by Gasteiger charge is -2.24. The van der Waals surface area contributed by atoms with Crippen LogP contribution in [0.1, 0.15) is 45.5 Å². The zero-order chi connectivity index (χ0) is 25.8. The quantitative estimate of drug-likeness (QED) is 0.346. The lowest BCUT2D eigenvalue weighted by atomic mass is 10.1. The molecule has 2 amide bonds. The average Bonchev–Trinajstić information content (AvgIpc) is 3.74. The Morgan fingerprint density at radius 1 is 0.842 bits per heavy atom. The molecular formula is C30H35ClN4O3. The maximum Gasteiger partial charge on any atom is 0.255 e. The highest BCUT2D eigenvalue weighted by atomic mass is 35.5. The van der Waals surface area contributed by atoms with Gasteiger partial charge in [0.2, 0.25) is 0 Å². The van der Waals surface area contributed by atoms with Crippen molar-refractivity contribution in [3.8, 4) is 5.75 Å². The molecule has 3 aromatic rings. The molecule has 1 aliphatic heterocycles. The highest BCUT2D eigenvalue weighted by Gasteiger charge is 2.25. The molecular weight excluding hydrogens is 500 g/mol. The van der Waals surface area contributed by atoms with E-state index in [0.29, 0.717) is 16.8 Å². The van der Waals surface area contributed by atoms with Gasteiger partial charge in [-0.1, -0.05) is 23.8 Å². The van der Waals surface area contributed by atoms with Crippen molar-refractivity contribution in [2.75, 3.05) is 48.3 Å². The number of nitrogens with zero attached hydrogens (tertiary/aromatic N) is 2. The summed E-state index contributed by atoms with van der Waals surface area (Å²) in [5, 5.41) is 16.0. The van der Waals surface area contributed by atoms with Crippen LogP contribution in [0.2, 0.25) is 0 Å². The van der Waals surface area contributed by atoms with Crippen molar-refractivity contribution >= 4 is 41.3 Å². The van der Waals surface area contributed by atoms with Gasteiger partial charge in [-0.05, 0) is 87.2 Å². The highest BCUT2D eigenvalue weighted by Crippen LogP contribution is 2.33. The van der Waals surface area contributed by atoms with Gasteiger partial charge < -0.3 is 25.5 Å². The van der Waals surface area contributed by atoms with Crippen LogP contribution in [0, 0.1) is 12.8 Å². The molecule has 0 radical (unpaired) electrons. The topological polar surface area (TPSA) is 84.9 Å². The van der Waals surface area contributed by atoms with Crippen molar-refractivity contribution < 1.29 is 14.7 Å². The summed E-state index contributed by atoms with van der Waals surface area (Å²) >= 11 is 0. The van der Waals surface area contributed by atoms with E-state index < -0.39 is 0 Å². The lowest BCUT2D eigenvalue weighted by molar-refractivity contribution is 0.101. The number of nitrogens with one attached hydrogen (secondary N) is 2. The van der Waals surface area contributed by atoms with E-state index in [1.807, 2.05) is 43.3 Å². The summed E-state index contributed by atoms with van der Waals surface area (Å²) < 4.78 is 0. The largest absolute Gasteiger partial charge is 0.506 e. The van der Waals surface area contributed by atoms with E-state index in [0.717, 1.165) is 49.8 Å². The molecule has 0 unspecified atom stereocenters. The van der Waals surface area contributed by atoms with Gasteiger partial charge >= 0.3 is 0 Å². The van der Waals surface area contributed by atoms with Gasteiger partial charge in [-0.15, -0.1) is 12.4 Å². The number of hydrogen-bond acceptors (Lipinski definition) is 5. The number of phenols is 1. The summed E-state index contributed by atoms with van der Waals surface area (Å²) in [5.41, 5.74) is 3.63. The fourth-order valence-electron chi connectivity index (χ4n) is 4.76. The van der Waals surface area contributed by atoms with Gasteiger partial charge in [-0.25, -0.2) is 0 Å². The Balaban J connectivity index is 0.00000336. The van der Waals surface area contributed by atoms with Gasteiger partial charge in [-0.3, -0.25) is 9.59 Å². The second kappa shape index (κ2) is 12.3. The van der Waals surface area contributed by atoms with Crippen molar-refractivity contribution in [3.05, 3.63) is 83.4 Å². The van der Waals surface area contributed by atoms with Crippen LogP contribution in [-0.4, -0.2) is 54.5 Å². The second-order valence-electron chi connectivity index (χ2n) is 10.1. The first kappa shape index (κ1) is 27.5. The molecule has 0 spiro atoms. The van der Waals surface area contributed by atoms with Crippen LogP contribution < -0.4 is 15.5 Å². The number of aromatic hydroxyl groups is 1. The van der Waals surface area contributed by atoms with E-state index in [1.54, 1.807) is 24.3 Å². The molecule has 38 heavy (non-hydrogen) atoms. The van der Waals surface area contributed by atoms with Crippen molar-refractivity contribution in [1.29, 1.82) is 0 Å². The second-order valence-corrected chi connectivity index (χ2v) is 10.1. The molecule has 1 heterocycles. The summed E-state index contributed by atoms with van der Waals surface area (Å²) in [6.45, 7) is 7.40. The molecule has 8 heteroatoms. The number of hydrogen-bond donors (Lipinski definition) is 3. The first-order chi connectivity index (χ1) is 18.0. The van der Waals surface area contributed by atoms with Crippen LogP contribution in [0.15, 0.2) is 66.7 Å². The molecule has 3 N–H and O–H groups in total. The van der Waals surface area contributed by atoms with Gasteiger partial charge in [0, 0.05) is 43.0 Å². The number of anilines is 3. The molecule has 1 aliphatic carbocycles. The Morgan fingerprint density at radius 3 is 2.18 bits per heavy atom. The zero-order valence-electron chi connectivity index (χ0n) is 21.7. The number of halogens is 1. The molecule has 0 aromatic heterocycles. The molecule has 7 nitrogen and oxygen atoms in total. The standard InChI is InChI=1S/C30H34N4O3.ClH/c1-21-6-10-23(11-7-21)29(36)31-26-4-2-5-27(35)28(26)32-30(37)24-12-14-25(15-13-24)34-17-3-16-33(18-19-34)20-22-8-9-22;/h2,4-7,10-15,22,35H,3,8-9,16-20H2,1H3,(H,31,36)(H,32,37);1H. The maximum atomic E-state index is 13.1. The minimum Gasteiger partial charge on any atom is -0.506 e. The van der Waals surface area contributed by atoms with Crippen molar-refractivity contribution in [2.45, 2.75) is 26.2 Å². The third-order valence-corrected chi connectivity index (χ3v) is 7.14. The molecule has 5 rings (SSSR count). The van der Waals surface area contributed by atoms with E-state index in [4.69, 9.17) is 0 Å². The van der Waals surface area contributed by atoms with E-state index in [1.165, 1.54) is 25.5 Å². The molecule has 0 atom stereocenters. The van der Waals surface area contributed by atoms with Crippen LogP contribution in [0.3, 0.4) is 0 Å². The number of phenolic OH excluding ortho intramolecular Hbond substituents is 1. The van der Waals surface area contributed by atoms with E-state index in [2.05, 4.69) is 20.4 Å². The predicted molar refractivity (Wildman–Crippen MR) is 155 cm³/mol. The van der Waals surface area contributed by atoms with E-state index in [9.17, 15) is 14.7 Å². The van der Waals surface area contributed by atoms with Gasteiger partial charge in [-0.2, -0.15) is 0 Å². The summed E-state index contributed by atoms with van der Waals surface area (Å²) in [7, 11) is 0. The molecule has 1 saturated heterocycles. The zero-order valence-corrected chi connectivity index (χ0v) is 22.5. The molecule has 3 aromatic carbocycles. The Hall–Kier alpha value is -3.55. The summed E-state index contributed by atoms with van der Waals surface area (Å²) in [5.74, 6) is 0.112. The Kier molecular flexibility index (Phi) is 8.92. The van der Waals surface area contributed by atoms with Crippen LogP contribution in [0.5, 0.6) is 5.75 Å². The smallest absolute Gasteiger partial charge is 0.255 e. The first-order valence-electron chi connectivity index (χ1n) is 13.0. The third kappa shape index (κ3) is 6.85. The monoisotopic (exact) mass is 534 g/mol. The number of para-hydroxylation sites is 1. The molecule has 200 valence electrons. The van der Waals surface area contributed by atoms with Gasteiger partial charge in [0.05, 0.1) is 5.69 Å². The Bertz CT molecular complexity index is 1260. The predicted octanol–water partition coefficient (Wildman–Crippen LogP) is 5.55. The maximum absolute atomic E-state index is 13.1. The summed E-state index contributed by atoms with van der Waals surface area (Å²) in [4.78, 5) is 30.7. The van der Waals surface area contributed by atoms with E-state index in [-0.39, 0.29) is 35.7 Å². The van der Waals surface area contributed by atoms with Crippen LogP contribution >= 0.6 is 12.4 Å². The van der Waals surface area contributed by atoms with Gasteiger partial charge in [0.15, 0.2) is 0 Å². The number of carbonyl (C=O) groups excluding carboxylic acids is 2. The minimum atomic E-state index is -0.356. The SMILES string of the molecule is Cc1ccc(C(=O)Nc2cccc(O)c2NC(=O)c2ccc(N3CCCN(CC4CC4)CC3)cc2)cc1.Cl. The van der Waals surface area contributed by atoms with Crippen LogP contribution in [0.25, 0.3) is 0 Å². The number of carbonyl (C=O) groups is 2. The number of benzene rings is 3. The van der Waals surface area contributed by atoms with Gasteiger partial charge in [0.1, 0.15) is 11.4 Å². The molecule has 2 fully saturated rings. The van der Waals surface area contributed by atoms with Crippen molar-refractivity contribution in [3.63, 3.8) is 0 Å². The van der Waals surface area contributed by atoms with Crippen molar-refractivity contribution in [2.24, 2.45) is 5.92 Å². The third-order valence-electron chi connectivity index (χ3n) is 7.14. The Labute approximate surface area is 230 Å². The van der Waals surface area contributed by atoms with E-state index >= 15 is 0 Å². The molecule has 1 saturated carbocycles.